The van der Waals surface area contributed by atoms with Crippen LogP contribution in [-0.4, -0.2) is 37.6 Å². The average molecular weight is 291 g/mol. The summed E-state index contributed by atoms with van der Waals surface area (Å²) in [4.78, 5) is 25.3. The Hall–Kier alpha value is -2.04. The summed E-state index contributed by atoms with van der Waals surface area (Å²) in [7, 11) is 0. The van der Waals surface area contributed by atoms with Crippen molar-refractivity contribution in [2.45, 2.75) is 33.3 Å². The van der Waals surface area contributed by atoms with E-state index in [0.717, 1.165) is 12.1 Å². The first-order valence-corrected chi connectivity index (χ1v) is 7.23. The number of anilines is 1. The largest absolute Gasteiger partial charge is 0.490 e. The molecule has 0 amide bonds. The van der Waals surface area contributed by atoms with Gasteiger partial charge < -0.3 is 14.4 Å². The normalized spacial score (nSPS) is 14.9. The van der Waals surface area contributed by atoms with Crippen LogP contribution in [-0.2, 0) is 9.53 Å². The Labute approximate surface area is 124 Å². The molecule has 0 saturated carbocycles. The summed E-state index contributed by atoms with van der Waals surface area (Å²) in [5.41, 5.74) is 1.38. The SMILES string of the molecule is CCC(C)OC(=O)CN1CCOc2ccc(C(C)=O)cc21. The number of hydrogen-bond acceptors (Lipinski definition) is 5. The highest BCUT2D eigenvalue weighted by atomic mass is 16.5. The van der Waals surface area contributed by atoms with Gasteiger partial charge in [0.15, 0.2) is 5.78 Å². The van der Waals surface area contributed by atoms with Crippen LogP contribution in [0.15, 0.2) is 18.2 Å². The number of nitrogens with zero attached hydrogens (tertiary/aromatic N) is 1. The molecular formula is C16H21NO4. The van der Waals surface area contributed by atoms with Crippen LogP contribution in [0, 0.1) is 0 Å². The smallest absolute Gasteiger partial charge is 0.325 e. The third-order valence-corrected chi connectivity index (χ3v) is 3.55. The van der Waals surface area contributed by atoms with Gasteiger partial charge in [0.2, 0.25) is 0 Å². The van der Waals surface area contributed by atoms with Crippen molar-refractivity contribution in [3.63, 3.8) is 0 Å². The first kappa shape index (κ1) is 15.4. The van der Waals surface area contributed by atoms with Crippen molar-refractivity contribution in [1.82, 2.24) is 0 Å². The lowest BCUT2D eigenvalue weighted by molar-refractivity contribution is -0.146. The number of esters is 1. The molecule has 1 aromatic rings. The zero-order valence-electron chi connectivity index (χ0n) is 12.7. The van der Waals surface area contributed by atoms with Gasteiger partial charge in [-0.2, -0.15) is 0 Å². The summed E-state index contributed by atoms with van der Waals surface area (Å²) in [6.07, 6.45) is 0.710. The van der Waals surface area contributed by atoms with Crippen LogP contribution in [0.4, 0.5) is 5.69 Å². The fourth-order valence-electron chi connectivity index (χ4n) is 2.16. The van der Waals surface area contributed by atoms with Gasteiger partial charge in [-0.15, -0.1) is 0 Å². The highest BCUT2D eigenvalue weighted by molar-refractivity contribution is 5.95. The molecule has 0 N–H and O–H groups in total. The lowest BCUT2D eigenvalue weighted by Gasteiger charge is -2.31. The van der Waals surface area contributed by atoms with E-state index in [-0.39, 0.29) is 24.4 Å². The highest BCUT2D eigenvalue weighted by Crippen LogP contribution is 2.32. The Morgan fingerprint density at radius 1 is 1.43 bits per heavy atom. The first-order valence-electron chi connectivity index (χ1n) is 7.23. The number of ketones is 1. The monoisotopic (exact) mass is 291 g/mol. The summed E-state index contributed by atoms with van der Waals surface area (Å²) in [5, 5.41) is 0. The second kappa shape index (κ2) is 6.61. The van der Waals surface area contributed by atoms with Crippen LogP contribution in [0.1, 0.15) is 37.6 Å². The molecule has 1 aliphatic heterocycles. The van der Waals surface area contributed by atoms with E-state index in [1.807, 2.05) is 18.7 Å². The van der Waals surface area contributed by atoms with Gasteiger partial charge in [-0.3, -0.25) is 9.59 Å². The van der Waals surface area contributed by atoms with Crippen molar-refractivity contribution in [2.24, 2.45) is 0 Å². The summed E-state index contributed by atoms with van der Waals surface area (Å²) in [5.74, 6) is 0.429. The molecule has 1 aliphatic rings. The molecule has 1 atom stereocenters. The molecule has 0 aromatic heterocycles. The standard InChI is InChI=1S/C16H21NO4/c1-4-11(2)21-16(19)10-17-7-8-20-15-6-5-13(12(3)18)9-14(15)17/h5-6,9,11H,4,7-8,10H2,1-3H3. The summed E-state index contributed by atoms with van der Waals surface area (Å²) in [6, 6.07) is 5.29. The number of fused-ring (bicyclic) bond motifs is 1. The average Bonchev–Trinajstić information content (AvgIpc) is 2.46. The summed E-state index contributed by atoms with van der Waals surface area (Å²) >= 11 is 0. The van der Waals surface area contributed by atoms with Crippen LogP contribution in [0.3, 0.4) is 0 Å². The third kappa shape index (κ3) is 3.74. The Balaban J connectivity index is 2.15. The van der Waals surface area contributed by atoms with Gasteiger partial charge in [0.25, 0.3) is 0 Å². The minimum atomic E-state index is -0.259. The van der Waals surface area contributed by atoms with E-state index in [2.05, 4.69) is 0 Å². The maximum Gasteiger partial charge on any atom is 0.325 e. The Kier molecular flexibility index (Phi) is 4.83. The van der Waals surface area contributed by atoms with Gasteiger partial charge in [0.1, 0.15) is 18.9 Å². The molecule has 2 rings (SSSR count). The van der Waals surface area contributed by atoms with Gasteiger partial charge >= 0.3 is 5.97 Å². The van der Waals surface area contributed by atoms with E-state index >= 15 is 0 Å². The molecule has 0 spiro atoms. The molecule has 0 radical (unpaired) electrons. The van der Waals surface area contributed by atoms with Crippen molar-refractivity contribution in [3.05, 3.63) is 23.8 Å². The minimum Gasteiger partial charge on any atom is -0.490 e. The molecular weight excluding hydrogens is 270 g/mol. The van der Waals surface area contributed by atoms with Crippen molar-refractivity contribution in [1.29, 1.82) is 0 Å². The maximum atomic E-state index is 11.9. The molecule has 5 nitrogen and oxygen atoms in total. The second-order valence-electron chi connectivity index (χ2n) is 5.22. The molecule has 0 aliphatic carbocycles. The molecule has 5 heteroatoms. The molecule has 1 aromatic carbocycles. The van der Waals surface area contributed by atoms with E-state index in [4.69, 9.17) is 9.47 Å². The van der Waals surface area contributed by atoms with E-state index in [1.54, 1.807) is 18.2 Å². The van der Waals surface area contributed by atoms with Crippen molar-refractivity contribution in [3.8, 4) is 5.75 Å². The van der Waals surface area contributed by atoms with Crippen molar-refractivity contribution in [2.75, 3.05) is 24.6 Å². The third-order valence-electron chi connectivity index (χ3n) is 3.55. The summed E-state index contributed by atoms with van der Waals surface area (Å²) < 4.78 is 10.9. The first-order chi connectivity index (χ1) is 10.0. The van der Waals surface area contributed by atoms with E-state index in [1.165, 1.54) is 6.92 Å². The molecule has 21 heavy (non-hydrogen) atoms. The highest BCUT2D eigenvalue weighted by Gasteiger charge is 2.22. The van der Waals surface area contributed by atoms with Crippen LogP contribution < -0.4 is 9.64 Å². The number of carbonyl (C=O) groups is 2. The molecule has 1 unspecified atom stereocenters. The predicted molar refractivity (Wildman–Crippen MR) is 80.0 cm³/mol. The van der Waals surface area contributed by atoms with Gasteiger partial charge in [-0.05, 0) is 38.5 Å². The zero-order chi connectivity index (χ0) is 15.4. The number of Topliss-reactive ketones (excluding diaryl/α,β-unsaturated/α-hetero) is 1. The van der Waals surface area contributed by atoms with Crippen molar-refractivity contribution < 1.29 is 19.1 Å². The van der Waals surface area contributed by atoms with Gasteiger partial charge in [-0.25, -0.2) is 0 Å². The van der Waals surface area contributed by atoms with Crippen molar-refractivity contribution >= 4 is 17.4 Å². The second-order valence-corrected chi connectivity index (χ2v) is 5.22. The van der Waals surface area contributed by atoms with Crippen LogP contribution in [0.2, 0.25) is 0 Å². The number of rotatable bonds is 5. The molecule has 114 valence electrons. The number of carbonyl (C=O) groups excluding carboxylic acids is 2. The number of ether oxygens (including phenoxy) is 2. The molecule has 0 bridgehead atoms. The molecule has 1 heterocycles. The van der Waals surface area contributed by atoms with Crippen LogP contribution in [0.5, 0.6) is 5.75 Å². The quantitative estimate of drug-likeness (QED) is 0.616. The zero-order valence-corrected chi connectivity index (χ0v) is 12.7. The van der Waals surface area contributed by atoms with Gasteiger partial charge in [-0.1, -0.05) is 6.92 Å². The van der Waals surface area contributed by atoms with E-state index < -0.39 is 0 Å². The molecule has 0 saturated heterocycles. The topological polar surface area (TPSA) is 55.8 Å². The lowest BCUT2D eigenvalue weighted by Crippen LogP contribution is -2.38. The molecule has 0 fully saturated rings. The van der Waals surface area contributed by atoms with Gasteiger partial charge in [0.05, 0.1) is 18.3 Å². The summed E-state index contributed by atoms with van der Waals surface area (Å²) in [6.45, 7) is 6.65. The lowest BCUT2D eigenvalue weighted by atomic mass is 10.1. The van der Waals surface area contributed by atoms with Crippen LogP contribution >= 0.6 is 0 Å². The van der Waals surface area contributed by atoms with Crippen LogP contribution in [0.25, 0.3) is 0 Å². The minimum absolute atomic E-state index is 0.00879. The van der Waals surface area contributed by atoms with Gasteiger partial charge in [0, 0.05) is 5.56 Å². The fraction of sp³-hybridized carbons (Fsp3) is 0.500. The maximum absolute atomic E-state index is 11.9. The Morgan fingerprint density at radius 3 is 2.86 bits per heavy atom. The Bertz CT molecular complexity index is 541. The number of hydrogen-bond donors (Lipinski definition) is 0. The number of benzene rings is 1. The van der Waals surface area contributed by atoms with E-state index in [9.17, 15) is 9.59 Å². The van der Waals surface area contributed by atoms with E-state index in [0.29, 0.717) is 24.5 Å². The fourth-order valence-corrected chi connectivity index (χ4v) is 2.16. The predicted octanol–water partition coefficient (Wildman–Crippen LogP) is 2.43. The Morgan fingerprint density at radius 2 is 2.19 bits per heavy atom.